The van der Waals surface area contributed by atoms with E-state index in [1.807, 2.05) is 0 Å². The van der Waals surface area contributed by atoms with Gasteiger partial charge in [-0.3, -0.25) is 19.7 Å². The van der Waals surface area contributed by atoms with Crippen molar-refractivity contribution in [3.63, 3.8) is 0 Å². The molecule has 0 radical (unpaired) electrons. The molecule has 150 valence electrons. The molecular weight excluding hydrogens is 405 g/mol. The molecule has 0 saturated heterocycles. The van der Waals surface area contributed by atoms with Crippen LogP contribution in [-0.2, 0) is 22.2 Å². The van der Waals surface area contributed by atoms with Gasteiger partial charge < -0.3 is 4.74 Å². The second-order valence-electron chi connectivity index (χ2n) is 5.54. The highest BCUT2D eigenvalue weighted by atomic mass is 35.5. The monoisotopic (exact) mass is 418 g/mol. The fourth-order valence-electron chi connectivity index (χ4n) is 2.21. The summed E-state index contributed by atoms with van der Waals surface area (Å²) in [6.07, 6.45) is -4.91. The van der Waals surface area contributed by atoms with E-state index in [2.05, 4.69) is 0 Å². The molecule has 0 heterocycles. The highest BCUT2D eigenvalue weighted by molar-refractivity contribution is 6.32. The summed E-state index contributed by atoms with van der Waals surface area (Å²) in [5.74, 6) is -0.555. The number of nitrogens with zero attached hydrogens (tertiary/aromatic N) is 2. The Bertz CT molecular complexity index is 905. The minimum absolute atomic E-state index is 0.0411. The average Bonchev–Trinajstić information content (AvgIpc) is 2.61. The van der Waals surface area contributed by atoms with Crippen molar-refractivity contribution in [2.24, 2.45) is 0 Å². The van der Waals surface area contributed by atoms with Gasteiger partial charge in [-0.05, 0) is 30.3 Å². The Balaban J connectivity index is 2.33. The van der Waals surface area contributed by atoms with E-state index in [-0.39, 0.29) is 34.2 Å². The Morgan fingerprint density at radius 3 is 2.46 bits per heavy atom. The highest BCUT2D eigenvalue weighted by Crippen LogP contribution is 2.37. The lowest BCUT2D eigenvalue weighted by Gasteiger charge is -2.14. The van der Waals surface area contributed by atoms with Crippen LogP contribution in [0.1, 0.15) is 11.1 Å². The van der Waals surface area contributed by atoms with Gasteiger partial charge in [-0.25, -0.2) is 5.06 Å². The van der Waals surface area contributed by atoms with Crippen LogP contribution < -0.4 is 4.74 Å². The molecular formula is C17H14ClF3N2O5. The van der Waals surface area contributed by atoms with Gasteiger partial charge in [-0.2, -0.15) is 13.2 Å². The lowest BCUT2D eigenvalue weighted by atomic mass is 10.1. The molecule has 11 heteroatoms. The third kappa shape index (κ3) is 5.11. The molecule has 0 spiro atoms. The lowest BCUT2D eigenvalue weighted by Crippen LogP contribution is -2.27. The van der Waals surface area contributed by atoms with Gasteiger partial charge in [0.15, 0.2) is 0 Å². The smallest absolute Gasteiger partial charge is 0.416 e. The van der Waals surface area contributed by atoms with Crippen molar-refractivity contribution in [2.45, 2.75) is 12.6 Å². The number of ether oxygens (including phenoxy) is 1. The van der Waals surface area contributed by atoms with Crippen molar-refractivity contribution < 1.29 is 32.5 Å². The Morgan fingerprint density at radius 1 is 1.25 bits per heavy atom. The predicted molar refractivity (Wildman–Crippen MR) is 93.1 cm³/mol. The number of nitro benzene ring substituents is 1. The van der Waals surface area contributed by atoms with Crippen LogP contribution in [0.15, 0.2) is 36.4 Å². The first-order chi connectivity index (χ1) is 13.0. The Kier molecular flexibility index (Phi) is 6.47. The molecule has 0 aliphatic carbocycles. The van der Waals surface area contributed by atoms with E-state index < -0.39 is 22.6 Å². The highest BCUT2D eigenvalue weighted by Gasteiger charge is 2.31. The maximum Gasteiger partial charge on any atom is 0.416 e. The van der Waals surface area contributed by atoms with Gasteiger partial charge in [0.1, 0.15) is 11.5 Å². The topological polar surface area (TPSA) is 81.9 Å². The summed E-state index contributed by atoms with van der Waals surface area (Å²) >= 11 is 5.84. The van der Waals surface area contributed by atoms with Gasteiger partial charge in [-0.1, -0.05) is 11.6 Å². The number of rotatable bonds is 6. The molecule has 0 aliphatic rings. The van der Waals surface area contributed by atoms with Gasteiger partial charge in [0, 0.05) is 18.7 Å². The van der Waals surface area contributed by atoms with E-state index in [1.165, 1.54) is 26.3 Å². The van der Waals surface area contributed by atoms with Crippen molar-refractivity contribution in [1.82, 2.24) is 5.06 Å². The van der Waals surface area contributed by atoms with Crippen molar-refractivity contribution in [3.05, 3.63) is 62.7 Å². The first-order valence-electron chi connectivity index (χ1n) is 7.65. The molecule has 0 aliphatic heterocycles. The van der Waals surface area contributed by atoms with Crippen molar-refractivity contribution in [2.75, 3.05) is 14.2 Å². The maximum absolute atomic E-state index is 12.7. The quantitative estimate of drug-likeness (QED) is 0.505. The fourth-order valence-corrected chi connectivity index (χ4v) is 2.43. The van der Waals surface area contributed by atoms with Gasteiger partial charge in [0.05, 0.1) is 29.0 Å². The average molecular weight is 419 g/mol. The third-order valence-corrected chi connectivity index (χ3v) is 4.00. The van der Waals surface area contributed by atoms with Gasteiger partial charge in [0.25, 0.3) is 11.6 Å². The van der Waals surface area contributed by atoms with E-state index in [9.17, 15) is 28.1 Å². The normalized spacial score (nSPS) is 11.2. The number of carbonyl (C=O) groups excluding carboxylic acids is 1. The minimum atomic E-state index is -4.56. The summed E-state index contributed by atoms with van der Waals surface area (Å²) in [4.78, 5) is 27.2. The van der Waals surface area contributed by atoms with Crippen LogP contribution in [0.5, 0.6) is 11.5 Å². The SMILES string of the molecule is CON(C)C(=O)Cc1cc(Oc2ccc(C(F)(F)F)cc2Cl)ccc1[N+](=O)[O-]. The molecule has 0 atom stereocenters. The summed E-state index contributed by atoms with van der Waals surface area (Å²) in [7, 11) is 2.61. The second-order valence-corrected chi connectivity index (χ2v) is 5.95. The van der Waals surface area contributed by atoms with Crippen LogP contribution >= 0.6 is 11.6 Å². The van der Waals surface area contributed by atoms with Crippen LogP contribution in [0.4, 0.5) is 18.9 Å². The standard InChI is InChI=1S/C17H14ClF3N2O5/c1-22(27-2)16(24)8-10-7-12(4-5-14(10)23(25)26)28-15-6-3-11(9-13(15)18)17(19,20)21/h3-7,9H,8H2,1-2H3. The van der Waals surface area contributed by atoms with E-state index in [1.54, 1.807) is 0 Å². The van der Waals surface area contributed by atoms with Crippen LogP contribution in [-0.4, -0.2) is 30.1 Å². The van der Waals surface area contributed by atoms with Crippen molar-refractivity contribution >= 4 is 23.2 Å². The minimum Gasteiger partial charge on any atom is -0.456 e. The third-order valence-electron chi connectivity index (χ3n) is 3.70. The summed E-state index contributed by atoms with van der Waals surface area (Å²) in [6.45, 7) is 0. The second kappa shape index (κ2) is 8.44. The number of carbonyl (C=O) groups is 1. The zero-order valence-corrected chi connectivity index (χ0v) is 15.4. The molecule has 0 unspecified atom stereocenters. The molecule has 2 aromatic rings. The maximum atomic E-state index is 12.7. The van der Waals surface area contributed by atoms with Gasteiger partial charge in [-0.15, -0.1) is 0 Å². The summed E-state index contributed by atoms with van der Waals surface area (Å²) in [5.41, 5.74) is -1.22. The van der Waals surface area contributed by atoms with Crippen LogP contribution in [0.3, 0.4) is 0 Å². The zero-order valence-electron chi connectivity index (χ0n) is 14.6. The van der Waals surface area contributed by atoms with E-state index in [4.69, 9.17) is 21.2 Å². The first-order valence-corrected chi connectivity index (χ1v) is 8.03. The number of hydrogen-bond acceptors (Lipinski definition) is 5. The van der Waals surface area contributed by atoms with E-state index in [0.717, 1.165) is 23.3 Å². The molecule has 0 aromatic heterocycles. The molecule has 2 aromatic carbocycles. The predicted octanol–water partition coefficient (Wildman–Crippen LogP) is 4.62. The number of hydrogen-bond donors (Lipinski definition) is 0. The molecule has 0 fully saturated rings. The number of halogens is 4. The molecule has 1 amide bonds. The van der Waals surface area contributed by atoms with Gasteiger partial charge in [0.2, 0.25) is 0 Å². The molecule has 0 N–H and O–H groups in total. The van der Waals surface area contributed by atoms with Crippen LogP contribution in [0, 0.1) is 10.1 Å². The summed E-state index contributed by atoms with van der Waals surface area (Å²) in [6, 6.07) is 6.16. The number of nitro groups is 1. The first kappa shape index (κ1) is 21.5. The Labute approximate surface area is 162 Å². The summed E-state index contributed by atoms with van der Waals surface area (Å²) in [5, 5.41) is 11.8. The van der Waals surface area contributed by atoms with Crippen molar-refractivity contribution in [3.8, 4) is 11.5 Å². The molecule has 7 nitrogen and oxygen atoms in total. The number of likely N-dealkylation sites (N-methyl/N-ethyl adjacent to an activating group) is 1. The lowest BCUT2D eigenvalue weighted by molar-refractivity contribution is -0.385. The van der Waals surface area contributed by atoms with E-state index in [0.29, 0.717) is 6.07 Å². The Morgan fingerprint density at radius 2 is 1.93 bits per heavy atom. The van der Waals surface area contributed by atoms with Crippen LogP contribution in [0.2, 0.25) is 5.02 Å². The molecule has 0 bridgehead atoms. The number of alkyl halides is 3. The number of amides is 1. The van der Waals surface area contributed by atoms with E-state index >= 15 is 0 Å². The number of hydroxylamine groups is 2. The fraction of sp³-hybridized carbons (Fsp3) is 0.235. The van der Waals surface area contributed by atoms with Crippen LogP contribution in [0.25, 0.3) is 0 Å². The Hall–Kier alpha value is -2.85. The van der Waals surface area contributed by atoms with Crippen molar-refractivity contribution in [1.29, 1.82) is 0 Å². The molecule has 28 heavy (non-hydrogen) atoms. The number of benzene rings is 2. The zero-order chi connectivity index (χ0) is 21.1. The molecule has 0 saturated carbocycles. The largest absolute Gasteiger partial charge is 0.456 e. The molecule has 2 rings (SSSR count). The van der Waals surface area contributed by atoms with Gasteiger partial charge >= 0.3 is 6.18 Å². The summed E-state index contributed by atoms with van der Waals surface area (Å²) < 4.78 is 43.6.